The number of nitrogens with two attached hydrogens (primary N) is 1. The van der Waals surface area contributed by atoms with Gasteiger partial charge in [0, 0.05) is 37.3 Å². The minimum Gasteiger partial charge on any atom is -0.445 e. The lowest BCUT2D eigenvalue weighted by Gasteiger charge is -2.30. The molecule has 16 heteroatoms. The maximum Gasteiger partial charge on any atom is 0.410 e. The number of carbonyl (C=O) groups excluding carboxylic acids is 5. The Morgan fingerprint density at radius 1 is 1.02 bits per heavy atom. The van der Waals surface area contributed by atoms with E-state index in [-0.39, 0.29) is 38.3 Å². The first-order chi connectivity index (χ1) is 26.8. The Kier molecular flexibility index (Phi) is 11.4. The third-order valence-corrected chi connectivity index (χ3v) is 10.6. The third kappa shape index (κ3) is 8.48. The van der Waals surface area contributed by atoms with Gasteiger partial charge in [0.25, 0.3) is 5.89 Å². The van der Waals surface area contributed by atoms with E-state index in [2.05, 4.69) is 25.6 Å². The number of aromatic amines is 1. The smallest absolute Gasteiger partial charge is 0.410 e. The number of likely N-dealkylation sites (tertiary alicyclic amines) is 2. The second-order valence-electron chi connectivity index (χ2n) is 14.4. The number of fused-ring (bicyclic) bond motifs is 1. The number of H-pyrrole nitrogens is 1. The number of nitrogens with zero attached hydrogens (tertiary/aromatic N) is 4. The molecule has 4 amide bonds. The molecule has 2 aliphatic heterocycles. The molecule has 55 heavy (non-hydrogen) atoms. The number of aromatic nitrogens is 3. The molecule has 4 aromatic rings. The van der Waals surface area contributed by atoms with Crippen molar-refractivity contribution >= 4 is 40.9 Å². The quantitative estimate of drug-likeness (QED) is 0.107. The van der Waals surface area contributed by atoms with Crippen LogP contribution in [-0.4, -0.2) is 104 Å². The van der Waals surface area contributed by atoms with E-state index in [0.717, 1.165) is 24.8 Å². The number of oxazole rings is 1. The van der Waals surface area contributed by atoms with Crippen LogP contribution < -0.4 is 16.4 Å². The molecule has 0 radical (unpaired) electrons. The zero-order valence-electron chi connectivity index (χ0n) is 30.5. The van der Waals surface area contributed by atoms with E-state index in [1.54, 1.807) is 35.4 Å². The summed E-state index contributed by atoms with van der Waals surface area (Å²) in [4.78, 5) is 84.1. The molecule has 1 unspecified atom stereocenters. The van der Waals surface area contributed by atoms with Gasteiger partial charge in [0.05, 0.1) is 18.9 Å². The number of amides is 4. The molecule has 290 valence electrons. The lowest BCUT2D eigenvalue weighted by atomic mass is 10.0. The van der Waals surface area contributed by atoms with Crippen molar-refractivity contribution in [2.75, 3.05) is 26.2 Å². The summed E-state index contributed by atoms with van der Waals surface area (Å²) in [6.07, 6.45) is 5.22. The number of nitrogens with one attached hydrogen (secondary N) is 3. The Hall–Kier alpha value is -5.77. The zero-order chi connectivity index (χ0) is 38.4. The summed E-state index contributed by atoms with van der Waals surface area (Å²) in [7, 11) is 0. The van der Waals surface area contributed by atoms with E-state index in [1.165, 1.54) is 11.2 Å². The highest BCUT2D eigenvalue weighted by Crippen LogP contribution is 2.52. The predicted octanol–water partition coefficient (Wildman–Crippen LogP) is 3.79. The maximum absolute atomic E-state index is 14.8. The molecule has 3 fully saturated rings. The van der Waals surface area contributed by atoms with Gasteiger partial charge in [-0.05, 0) is 69.2 Å². The number of carbonyl (C=O) groups is 5. The van der Waals surface area contributed by atoms with Crippen LogP contribution in [0.4, 0.5) is 9.59 Å². The summed E-state index contributed by atoms with van der Waals surface area (Å²) in [5, 5.41) is 5.68. The summed E-state index contributed by atoms with van der Waals surface area (Å²) in [6.45, 7) is 1.39. The number of rotatable bonds is 14. The number of para-hydroxylation sites is 2. The Morgan fingerprint density at radius 3 is 2.55 bits per heavy atom. The van der Waals surface area contributed by atoms with Crippen LogP contribution >= 0.6 is 0 Å². The SMILES string of the molecule is NCCCC[C@H](NC(=O)[C@@H]1C[C@@H](OC(=O)N2CCCCC2)CN1C(=O)C1(NC(=O)OCc2ccccc2)C[C@@H]1c1cnc[nH]1)C(=O)c1nc2ccccc2o1. The van der Waals surface area contributed by atoms with Gasteiger partial charge in [-0.15, -0.1) is 0 Å². The number of hydrogen-bond donors (Lipinski definition) is 4. The first-order valence-corrected chi connectivity index (χ1v) is 18.9. The van der Waals surface area contributed by atoms with Gasteiger partial charge in [0.2, 0.25) is 17.6 Å². The predicted molar refractivity (Wildman–Crippen MR) is 197 cm³/mol. The van der Waals surface area contributed by atoms with Crippen LogP contribution in [0, 0.1) is 0 Å². The summed E-state index contributed by atoms with van der Waals surface area (Å²) in [5.74, 6) is -2.34. The number of ketones is 1. The molecule has 0 spiro atoms. The molecule has 3 aliphatic rings. The standard InChI is InChI=1S/C39H46N8O8/c40-16-8-7-14-29(33(48)35-44-28-13-5-6-15-32(28)55-35)43-34(49)31-19-26(54-38(52)46-17-9-2-10-18-46)22-47(31)36(50)39(20-27(39)30-21-41-24-42-30)45-37(51)53-23-25-11-3-1-4-12-25/h1,3-6,11-13,15,21,24,26-27,29,31H,2,7-10,14,16-20,22-23,40H2,(H,41,42)(H,43,49)(H,45,51)/t26-,27-,29+,31+,39?/m1/s1. The second kappa shape index (κ2) is 16.7. The molecule has 0 bridgehead atoms. The molecular formula is C39H46N8O8. The summed E-state index contributed by atoms with van der Waals surface area (Å²) < 4.78 is 17.2. The minimum atomic E-state index is -1.49. The van der Waals surface area contributed by atoms with Gasteiger partial charge in [0.15, 0.2) is 5.58 Å². The molecule has 16 nitrogen and oxygen atoms in total. The molecule has 5 N–H and O–H groups in total. The number of imidazole rings is 1. The molecule has 2 aromatic heterocycles. The van der Waals surface area contributed by atoms with E-state index >= 15 is 0 Å². The van der Waals surface area contributed by atoms with Crippen molar-refractivity contribution in [2.24, 2.45) is 5.73 Å². The Morgan fingerprint density at radius 2 is 1.80 bits per heavy atom. The van der Waals surface area contributed by atoms with Gasteiger partial charge in [-0.25, -0.2) is 19.6 Å². The lowest BCUT2D eigenvalue weighted by Crippen LogP contribution is -2.57. The molecular weight excluding hydrogens is 708 g/mol. The van der Waals surface area contributed by atoms with Crippen molar-refractivity contribution in [1.29, 1.82) is 0 Å². The van der Waals surface area contributed by atoms with Gasteiger partial charge < -0.3 is 45.0 Å². The first kappa shape index (κ1) is 37.5. The van der Waals surface area contributed by atoms with Crippen LogP contribution in [0.25, 0.3) is 11.1 Å². The number of unbranched alkanes of at least 4 members (excludes halogenated alkanes) is 1. The van der Waals surface area contributed by atoms with Crippen LogP contribution in [0.3, 0.4) is 0 Å². The van der Waals surface area contributed by atoms with E-state index in [4.69, 9.17) is 19.6 Å². The average Bonchev–Trinajstić information content (AvgIpc) is 3.63. The minimum absolute atomic E-state index is 0.0192. The number of alkyl carbamates (subject to hydrolysis) is 1. The van der Waals surface area contributed by atoms with Crippen LogP contribution in [0.15, 0.2) is 71.5 Å². The normalized spacial score (nSPS) is 22.5. The molecule has 5 atom stereocenters. The Labute approximate surface area is 317 Å². The van der Waals surface area contributed by atoms with E-state index < -0.39 is 59.4 Å². The highest BCUT2D eigenvalue weighted by atomic mass is 16.6. The number of piperidine rings is 1. The largest absolute Gasteiger partial charge is 0.445 e. The highest BCUT2D eigenvalue weighted by Gasteiger charge is 2.65. The molecule has 1 aliphatic carbocycles. The number of hydrogen-bond acceptors (Lipinski definition) is 11. The number of Topliss-reactive ketones (excluding diaryl/α,β-unsaturated/α-hetero) is 1. The van der Waals surface area contributed by atoms with Gasteiger partial charge in [0.1, 0.15) is 29.8 Å². The first-order valence-electron chi connectivity index (χ1n) is 18.9. The average molecular weight is 755 g/mol. The van der Waals surface area contributed by atoms with E-state index in [1.807, 2.05) is 30.3 Å². The highest BCUT2D eigenvalue weighted by molar-refractivity contribution is 6.02. The van der Waals surface area contributed by atoms with Crippen molar-refractivity contribution < 1.29 is 37.9 Å². The van der Waals surface area contributed by atoms with E-state index in [0.29, 0.717) is 49.3 Å². The van der Waals surface area contributed by atoms with Crippen LogP contribution in [0.1, 0.15) is 79.2 Å². The Bertz CT molecular complexity index is 1950. The van der Waals surface area contributed by atoms with Crippen molar-refractivity contribution in [3.05, 3.63) is 84.3 Å². The van der Waals surface area contributed by atoms with Crippen molar-refractivity contribution in [3.8, 4) is 0 Å². The molecule has 2 aromatic carbocycles. The van der Waals surface area contributed by atoms with Gasteiger partial charge in [-0.1, -0.05) is 42.5 Å². The molecule has 4 heterocycles. The molecule has 2 saturated heterocycles. The topological polar surface area (TPSA) is 215 Å². The molecule has 1 saturated carbocycles. The fourth-order valence-corrected chi connectivity index (χ4v) is 7.53. The maximum atomic E-state index is 14.8. The van der Waals surface area contributed by atoms with Gasteiger partial charge in [-0.2, -0.15) is 0 Å². The number of benzene rings is 2. The second-order valence-corrected chi connectivity index (χ2v) is 14.4. The summed E-state index contributed by atoms with van der Waals surface area (Å²) >= 11 is 0. The third-order valence-electron chi connectivity index (χ3n) is 10.6. The van der Waals surface area contributed by atoms with Gasteiger partial charge >= 0.3 is 12.2 Å². The van der Waals surface area contributed by atoms with Crippen molar-refractivity contribution in [3.63, 3.8) is 0 Å². The van der Waals surface area contributed by atoms with Crippen LogP contribution in [-0.2, 0) is 25.7 Å². The summed E-state index contributed by atoms with van der Waals surface area (Å²) in [6, 6.07) is 13.9. The van der Waals surface area contributed by atoms with E-state index in [9.17, 15) is 24.0 Å². The van der Waals surface area contributed by atoms with Crippen LogP contribution in [0.2, 0.25) is 0 Å². The van der Waals surface area contributed by atoms with Gasteiger partial charge in [-0.3, -0.25) is 14.4 Å². The van der Waals surface area contributed by atoms with Crippen molar-refractivity contribution in [1.82, 2.24) is 35.4 Å². The Balaban J connectivity index is 1.14. The lowest BCUT2D eigenvalue weighted by molar-refractivity contribution is -0.141. The monoisotopic (exact) mass is 754 g/mol. The van der Waals surface area contributed by atoms with Crippen LogP contribution in [0.5, 0.6) is 0 Å². The summed E-state index contributed by atoms with van der Waals surface area (Å²) in [5.41, 5.74) is 6.58. The fraction of sp³-hybridized carbons (Fsp3) is 0.462. The number of ether oxygens (including phenoxy) is 2. The molecule has 7 rings (SSSR count). The zero-order valence-corrected chi connectivity index (χ0v) is 30.5. The fourth-order valence-electron chi connectivity index (χ4n) is 7.53. The van der Waals surface area contributed by atoms with Crippen molar-refractivity contribution in [2.45, 2.75) is 87.6 Å².